The second kappa shape index (κ2) is 6.61. The van der Waals surface area contributed by atoms with E-state index >= 15 is 0 Å². The number of ether oxygens (including phenoxy) is 2. The summed E-state index contributed by atoms with van der Waals surface area (Å²) < 4.78 is 10.6. The third-order valence-corrected chi connectivity index (χ3v) is 2.97. The zero-order valence-corrected chi connectivity index (χ0v) is 10.8. The smallest absolute Gasteiger partial charge is 0.120 e. The number of anilines is 1. The van der Waals surface area contributed by atoms with E-state index in [0.717, 1.165) is 24.0 Å². The topological polar surface area (TPSA) is 50.7 Å². The van der Waals surface area contributed by atoms with Gasteiger partial charge in [-0.3, -0.25) is 0 Å². The highest BCUT2D eigenvalue weighted by atomic mass is 16.5. The van der Waals surface area contributed by atoms with E-state index in [0.29, 0.717) is 13.2 Å². The van der Waals surface area contributed by atoms with Crippen molar-refractivity contribution in [2.75, 3.05) is 32.2 Å². The maximum absolute atomic E-state index is 9.75. The fourth-order valence-electron chi connectivity index (χ4n) is 1.68. The van der Waals surface area contributed by atoms with Crippen LogP contribution in [-0.4, -0.2) is 38.1 Å². The molecule has 1 atom stereocenters. The highest BCUT2D eigenvalue weighted by Gasteiger charge is 2.21. The van der Waals surface area contributed by atoms with Crippen LogP contribution in [0, 0.1) is 5.92 Å². The van der Waals surface area contributed by atoms with Gasteiger partial charge < -0.3 is 19.9 Å². The van der Waals surface area contributed by atoms with Gasteiger partial charge in [0.05, 0.1) is 19.8 Å². The average Bonchev–Trinajstić information content (AvgIpc) is 3.21. The first-order valence-electron chi connectivity index (χ1n) is 6.41. The monoisotopic (exact) mass is 251 g/mol. The zero-order valence-electron chi connectivity index (χ0n) is 10.8. The van der Waals surface area contributed by atoms with E-state index in [1.807, 2.05) is 24.3 Å². The van der Waals surface area contributed by atoms with E-state index < -0.39 is 6.10 Å². The van der Waals surface area contributed by atoms with Crippen LogP contribution in [-0.2, 0) is 4.74 Å². The van der Waals surface area contributed by atoms with Crippen LogP contribution < -0.4 is 10.1 Å². The molecule has 18 heavy (non-hydrogen) atoms. The van der Waals surface area contributed by atoms with Gasteiger partial charge in [0.2, 0.25) is 0 Å². The molecule has 2 N–H and O–H groups in total. The van der Waals surface area contributed by atoms with Gasteiger partial charge in [-0.1, -0.05) is 6.07 Å². The van der Waals surface area contributed by atoms with E-state index in [-0.39, 0.29) is 0 Å². The molecule has 1 aromatic carbocycles. The Kier molecular flexibility index (Phi) is 4.84. The maximum atomic E-state index is 9.75. The number of rotatable bonds is 8. The van der Waals surface area contributed by atoms with Crippen LogP contribution in [0.1, 0.15) is 12.8 Å². The molecule has 0 spiro atoms. The van der Waals surface area contributed by atoms with Crippen LogP contribution in [0.25, 0.3) is 0 Å². The van der Waals surface area contributed by atoms with E-state index in [2.05, 4.69) is 5.32 Å². The summed E-state index contributed by atoms with van der Waals surface area (Å²) in [6.45, 7) is 1.67. The number of methoxy groups -OCH3 is 1. The van der Waals surface area contributed by atoms with Crippen LogP contribution in [0.5, 0.6) is 5.75 Å². The number of nitrogens with one attached hydrogen (secondary N) is 1. The molecular weight excluding hydrogens is 230 g/mol. The summed E-state index contributed by atoms with van der Waals surface area (Å²) >= 11 is 0. The van der Waals surface area contributed by atoms with Gasteiger partial charge in [0.1, 0.15) is 5.75 Å². The standard InChI is InChI=1S/C14H21NO3/c1-17-14-4-2-3-12(7-14)15-8-13(16)10-18-9-11-5-6-11/h2-4,7,11,13,15-16H,5-6,8-10H2,1H3. The molecule has 1 aliphatic carbocycles. The molecule has 1 aromatic rings. The van der Waals surface area contributed by atoms with Gasteiger partial charge in [-0.15, -0.1) is 0 Å². The van der Waals surface area contributed by atoms with Crippen molar-refractivity contribution in [2.24, 2.45) is 5.92 Å². The van der Waals surface area contributed by atoms with Crippen molar-refractivity contribution in [1.82, 2.24) is 0 Å². The normalized spacial score (nSPS) is 16.3. The van der Waals surface area contributed by atoms with Crippen molar-refractivity contribution in [1.29, 1.82) is 0 Å². The third-order valence-electron chi connectivity index (χ3n) is 2.97. The van der Waals surface area contributed by atoms with Gasteiger partial charge in [0, 0.05) is 24.9 Å². The molecule has 0 aliphatic heterocycles. The second-order valence-electron chi connectivity index (χ2n) is 4.75. The molecule has 4 nitrogen and oxygen atoms in total. The molecule has 0 radical (unpaired) electrons. The summed E-state index contributed by atoms with van der Waals surface area (Å²) in [5.74, 6) is 1.54. The lowest BCUT2D eigenvalue weighted by Crippen LogP contribution is -2.25. The van der Waals surface area contributed by atoms with Crippen LogP contribution in [0.15, 0.2) is 24.3 Å². The Hall–Kier alpha value is -1.26. The van der Waals surface area contributed by atoms with Crippen LogP contribution in [0.2, 0.25) is 0 Å². The first-order valence-corrected chi connectivity index (χ1v) is 6.41. The Balaban J connectivity index is 1.65. The highest BCUT2D eigenvalue weighted by molar-refractivity contribution is 5.48. The number of benzene rings is 1. The molecule has 2 rings (SSSR count). The Bertz CT molecular complexity index is 366. The predicted molar refractivity (Wildman–Crippen MR) is 71.0 cm³/mol. The molecule has 0 amide bonds. The molecule has 1 aliphatic rings. The fraction of sp³-hybridized carbons (Fsp3) is 0.571. The molecule has 0 heterocycles. The first kappa shape index (κ1) is 13.2. The minimum absolute atomic E-state index is 0.396. The molecule has 0 bridgehead atoms. The Morgan fingerprint density at radius 1 is 1.44 bits per heavy atom. The van der Waals surface area contributed by atoms with Crippen LogP contribution in [0.4, 0.5) is 5.69 Å². The van der Waals surface area contributed by atoms with Gasteiger partial charge in [-0.2, -0.15) is 0 Å². The van der Waals surface area contributed by atoms with E-state index in [9.17, 15) is 5.11 Å². The summed E-state index contributed by atoms with van der Waals surface area (Å²) in [5.41, 5.74) is 0.940. The largest absolute Gasteiger partial charge is 0.497 e. The zero-order chi connectivity index (χ0) is 12.8. The summed E-state index contributed by atoms with van der Waals surface area (Å²) in [6.07, 6.45) is 2.07. The van der Waals surface area contributed by atoms with Crippen molar-refractivity contribution in [3.05, 3.63) is 24.3 Å². The van der Waals surface area contributed by atoms with Gasteiger partial charge in [0.15, 0.2) is 0 Å². The van der Waals surface area contributed by atoms with Gasteiger partial charge >= 0.3 is 0 Å². The van der Waals surface area contributed by atoms with Crippen molar-refractivity contribution in [2.45, 2.75) is 18.9 Å². The minimum atomic E-state index is -0.477. The van der Waals surface area contributed by atoms with Crippen molar-refractivity contribution in [3.8, 4) is 5.75 Å². The quantitative estimate of drug-likeness (QED) is 0.741. The summed E-state index contributed by atoms with van der Waals surface area (Å²) in [5, 5.41) is 12.9. The SMILES string of the molecule is COc1cccc(NCC(O)COCC2CC2)c1. The first-order chi connectivity index (χ1) is 8.78. The van der Waals surface area contributed by atoms with Crippen LogP contribution >= 0.6 is 0 Å². The van der Waals surface area contributed by atoms with E-state index in [1.165, 1.54) is 12.8 Å². The Morgan fingerprint density at radius 2 is 2.28 bits per heavy atom. The molecule has 1 saturated carbocycles. The molecule has 0 saturated heterocycles. The van der Waals surface area contributed by atoms with Crippen molar-refractivity contribution < 1.29 is 14.6 Å². The molecular formula is C14H21NO3. The van der Waals surface area contributed by atoms with E-state index in [4.69, 9.17) is 9.47 Å². The summed E-state index contributed by atoms with van der Waals surface area (Å²) in [6, 6.07) is 7.65. The van der Waals surface area contributed by atoms with Gasteiger partial charge in [0.25, 0.3) is 0 Å². The number of aliphatic hydroxyl groups excluding tert-OH is 1. The minimum Gasteiger partial charge on any atom is -0.497 e. The lowest BCUT2D eigenvalue weighted by Gasteiger charge is -2.13. The molecule has 4 heteroatoms. The predicted octanol–water partition coefficient (Wildman–Crippen LogP) is 1.89. The summed E-state index contributed by atoms with van der Waals surface area (Å²) in [4.78, 5) is 0. The average molecular weight is 251 g/mol. The van der Waals surface area contributed by atoms with Gasteiger partial charge in [-0.05, 0) is 30.9 Å². The molecule has 1 unspecified atom stereocenters. The Morgan fingerprint density at radius 3 is 3.00 bits per heavy atom. The van der Waals surface area contributed by atoms with Crippen LogP contribution in [0.3, 0.4) is 0 Å². The van der Waals surface area contributed by atoms with E-state index in [1.54, 1.807) is 7.11 Å². The lowest BCUT2D eigenvalue weighted by atomic mass is 10.3. The van der Waals surface area contributed by atoms with Crippen molar-refractivity contribution >= 4 is 5.69 Å². The Labute approximate surface area is 108 Å². The number of aliphatic hydroxyl groups is 1. The molecule has 0 aromatic heterocycles. The summed E-state index contributed by atoms with van der Waals surface area (Å²) in [7, 11) is 1.64. The fourth-order valence-corrected chi connectivity index (χ4v) is 1.68. The lowest BCUT2D eigenvalue weighted by molar-refractivity contribution is 0.0386. The maximum Gasteiger partial charge on any atom is 0.120 e. The number of hydrogen-bond acceptors (Lipinski definition) is 4. The highest BCUT2D eigenvalue weighted by Crippen LogP contribution is 2.28. The molecule has 100 valence electrons. The van der Waals surface area contributed by atoms with Gasteiger partial charge in [-0.25, -0.2) is 0 Å². The second-order valence-corrected chi connectivity index (χ2v) is 4.75. The third kappa shape index (κ3) is 4.55. The molecule has 1 fully saturated rings. The number of hydrogen-bond donors (Lipinski definition) is 2. The van der Waals surface area contributed by atoms with Crippen molar-refractivity contribution in [3.63, 3.8) is 0 Å².